The largest absolute Gasteiger partial charge is 0.410 e. The van der Waals surface area contributed by atoms with Crippen LogP contribution in [0, 0.1) is 0 Å². The molecule has 0 aromatic heterocycles. The van der Waals surface area contributed by atoms with Gasteiger partial charge in [-0.3, -0.25) is 0 Å². The molecule has 0 aliphatic rings. The van der Waals surface area contributed by atoms with Crippen LogP contribution in [0.1, 0.15) is 33.1 Å². The summed E-state index contributed by atoms with van der Waals surface area (Å²) in [6.45, 7) is 3.50. The Bertz CT molecular complexity index is 187. The van der Waals surface area contributed by atoms with Gasteiger partial charge in [0.05, 0.1) is 0 Å². The fourth-order valence-corrected chi connectivity index (χ4v) is 0.897. The Morgan fingerprint density at radius 3 is 2.38 bits per heavy atom. The van der Waals surface area contributed by atoms with Gasteiger partial charge in [0.15, 0.2) is 0 Å². The summed E-state index contributed by atoms with van der Waals surface area (Å²) in [7, 11) is 0. The standard InChI is InChI=1S/C10H15F3/c1-3-4-5-6-7-9(2)8-10(11,12)13/h6-8H,3-5H2,1-2H3/b7-6+,9-8-. The second-order valence-corrected chi connectivity index (χ2v) is 2.97. The van der Waals surface area contributed by atoms with Crippen molar-refractivity contribution in [3.8, 4) is 0 Å². The van der Waals surface area contributed by atoms with Crippen molar-refractivity contribution in [3.05, 3.63) is 23.8 Å². The summed E-state index contributed by atoms with van der Waals surface area (Å²) >= 11 is 0. The van der Waals surface area contributed by atoms with Gasteiger partial charge in [-0.05, 0) is 18.9 Å². The molecule has 0 aliphatic carbocycles. The zero-order valence-electron chi connectivity index (χ0n) is 7.99. The zero-order valence-corrected chi connectivity index (χ0v) is 7.99. The van der Waals surface area contributed by atoms with Crippen molar-refractivity contribution in [2.45, 2.75) is 39.3 Å². The minimum Gasteiger partial charge on any atom is -0.167 e. The minimum absolute atomic E-state index is 0.253. The fraction of sp³-hybridized carbons (Fsp3) is 0.600. The Hall–Kier alpha value is -0.730. The van der Waals surface area contributed by atoms with Crippen LogP contribution in [-0.2, 0) is 0 Å². The molecular weight excluding hydrogens is 177 g/mol. The van der Waals surface area contributed by atoms with Gasteiger partial charge < -0.3 is 0 Å². The smallest absolute Gasteiger partial charge is 0.167 e. The van der Waals surface area contributed by atoms with E-state index in [9.17, 15) is 13.2 Å². The third-order valence-corrected chi connectivity index (χ3v) is 1.50. The summed E-state index contributed by atoms with van der Waals surface area (Å²) < 4.78 is 35.3. The van der Waals surface area contributed by atoms with Crippen LogP contribution in [-0.4, -0.2) is 6.18 Å². The van der Waals surface area contributed by atoms with Gasteiger partial charge in [-0.2, -0.15) is 13.2 Å². The predicted octanol–water partition coefficient (Wildman–Crippen LogP) is 4.24. The molecular formula is C10H15F3. The summed E-state index contributed by atoms with van der Waals surface area (Å²) in [5.41, 5.74) is 0.253. The van der Waals surface area contributed by atoms with Crippen molar-refractivity contribution in [1.29, 1.82) is 0 Å². The average molecular weight is 192 g/mol. The molecule has 0 fully saturated rings. The number of alkyl halides is 3. The Labute approximate surface area is 77.1 Å². The Morgan fingerprint density at radius 1 is 1.31 bits per heavy atom. The number of unbranched alkanes of at least 4 members (excludes halogenated alkanes) is 2. The second kappa shape index (κ2) is 5.84. The highest BCUT2D eigenvalue weighted by Crippen LogP contribution is 2.18. The van der Waals surface area contributed by atoms with E-state index in [2.05, 4.69) is 0 Å². The third-order valence-electron chi connectivity index (χ3n) is 1.50. The van der Waals surface area contributed by atoms with E-state index < -0.39 is 6.18 Å². The number of rotatable bonds is 4. The van der Waals surface area contributed by atoms with Crippen molar-refractivity contribution in [2.75, 3.05) is 0 Å². The highest BCUT2D eigenvalue weighted by molar-refractivity contribution is 5.17. The molecule has 0 saturated carbocycles. The molecule has 0 spiro atoms. The molecule has 76 valence electrons. The highest BCUT2D eigenvalue weighted by Gasteiger charge is 2.22. The first-order chi connectivity index (χ1) is 5.95. The van der Waals surface area contributed by atoms with Crippen molar-refractivity contribution >= 4 is 0 Å². The monoisotopic (exact) mass is 192 g/mol. The molecule has 0 saturated heterocycles. The van der Waals surface area contributed by atoms with Crippen LogP contribution >= 0.6 is 0 Å². The van der Waals surface area contributed by atoms with E-state index in [1.165, 1.54) is 13.0 Å². The summed E-state index contributed by atoms with van der Waals surface area (Å²) in [5.74, 6) is 0. The Morgan fingerprint density at radius 2 is 1.92 bits per heavy atom. The summed E-state index contributed by atoms with van der Waals surface area (Å²) in [6, 6.07) is 0. The maximum absolute atomic E-state index is 11.8. The molecule has 3 heteroatoms. The molecule has 0 aliphatic heterocycles. The van der Waals surface area contributed by atoms with Gasteiger partial charge in [-0.25, -0.2) is 0 Å². The molecule has 0 unspecified atom stereocenters. The summed E-state index contributed by atoms with van der Waals surface area (Å²) in [6.07, 6.45) is 2.35. The average Bonchev–Trinajstić information content (AvgIpc) is 1.94. The van der Waals surface area contributed by atoms with Gasteiger partial charge in [-0.15, -0.1) is 0 Å². The molecule has 0 aromatic rings. The minimum atomic E-state index is -4.20. The number of halogens is 3. The van der Waals surface area contributed by atoms with Crippen molar-refractivity contribution < 1.29 is 13.2 Å². The lowest BCUT2D eigenvalue weighted by atomic mass is 10.2. The third kappa shape index (κ3) is 9.18. The van der Waals surface area contributed by atoms with Gasteiger partial charge in [0, 0.05) is 6.08 Å². The van der Waals surface area contributed by atoms with Gasteiger partial charge in [0.25, 0.3) is 0 Å². The first-order valence-corrected chi connectivity index (χ1v) is 4.38. The lowest BCUT2D eigenvalue weighted by molar-refractivity contribution is -0.0803. The molecule has 0 nitrogen and oxygen atoms in total. The lowest BCUT2D eigenvalue weighted by Crippen LogP contribution is -2.01. The van der Waals surface area contributed by atoms with Gasteiger partial charge >= 0.3 is 6.18 Å². The Balaban J connectivity index is 3.92. The van der Waals surface area contributed by atoms with E-state index in [4.69, 9.17) is 0 Å². The zero-order chi connectivity index (χ0) is 10.3. The first kappa shape index (κ1) is 12.3. The van der Waals surface area contributed by atoms with Crippen molar-refractivity contribution in [1.82, 2.24) is 0 Å². The lowest BCUT2D eigenvalue weighted by Gasteiger charge is -1.99. The van der Waals surface area contributed by atoms with E-state index in [0.29, 0.717) is 6.08 Å². The van der Waals surface area contributed by atoms with E-state index in [0.717, 1.165) is 19.3 Å². The molecule has 0 rings (SSSR count). The van der Waals surface area contributed by atoms with Crippen LogP contribution in [0.25, 0.3) is 0 Å². The molecule has 0 aromatic carbocycles. The van der Waals surface area contributed by atoms with Crippen LogP contribution in [0.4, 0.5) is 13.2 Å². The van der Waals surface area contributed by atoms with Crippen LogP contribution in [0.15, 0.2) is 23.8 Å². The summed E-state index contributed by atoms with van der Waals surface area (Å²) in [5, 5.41) is 0. The summed E-state index contributed by atoms with van der Waals surface area (Å²) in [4.78, 5) is 0. The first-order valence-electron chi connectivity index (χ1n) is 4.38. The van der Waals surface area contributed by atoms with Crippen LogP contribution in [0.2, 0.25) is 0 Å². The SMILES string of the molecule is CCCC/C=C/C(C)=C\C(F)(F)F. The van der Waals surface area contributed by atoms with E-state index >= 15 is 0 Å². The fourth-order valence-electron chi connectivity index (χ4n) is 0.897. The van der Waals surface area contributed by atoms with Crippen LogP contribution in [0.5, 0.6) is 0 Å². The van der Waals surface area contributed by atoms with E-state index in [-0.39, 0.29) is 5.57 Å². The highest BCUT2D eigenvalue weighted by atomic mass is 19.4. The molecule has 0 bridgehead atoms. The van der Waals surface area contributed by atoms with Crippen molar-refractivity contribution in [2.24, 2.45) is 0 Å². The molecule has 0 N–H and O–H groups in total. The van der Waals surface area contributed by atoms with Crippen LogP contribution in [0.3, 0.4) is 0 Å². The number of hydrogen-bond acceptors (Lipinski definition) is 0. The van der Waals surface area contributed by atoms with Gasteiger partial charge in [0.1, 0.15) is 0 Å². The quantitative estimate of drug-likeness (QED) is 0.461. The molecule has 0 amide bonds. The maximum atomic E-state index is 11.8. The molecule has 0 atom stereocenters. The molecule has 13 heavy (non-hydrogen) atoms. The molecule has 0 radical (unpaired) electrons. The predicted molar refractivity (Wildman–Crippen MR) is 48.5 cm³/mol. The topological polar surface area (TPSA) is 0 Å². The Kier molecular flexibility index (Phi) is 5.51. The second-order valence-electron chi connectivity index (χ2n) is 2.97. The maximum Gasteiger partial charge on any atom is 0.410 e. The van der Waals surface area contributed by atoms with E-state index in [1.807, 2.05) is 6.92 Å². The molecule has 0 heterocycles. The van der Waals surface area contributed by atoms with Crippen LogP contribution < -0.4 is 0 Å². The number of hydrogen-bond donors (Lipinski definition) is 0. The normalized spacial score (nSPS) is 14.1. The van der Waals surface area contributed by atoms with Gasteiger partial charge in [0.2, 0.25) is 0 Å². The van der Waals surface area contributed by atoms with Crippen molar-refractivity contribution in [3.63, 3.8) is 0 Å². The van der Waals surface area contributed by atoms with Gasteiger partial charge in [-0.1, -0.05) is 31.9 Å². The van der Waals surface area contributed by atoms with E-state index in [1.54, 1.807) is 6.08 Å². The number of allylic oxidation sites excluding steroid dienone is 4.